The number of nitrogens with zero attached hydrogens (tertiary/aromatic N) is 2. The molecule has 4 rings (SSSR count). The molecule has 0 aromatic rings. The Bertz CT molecular complexity index is 696. The molecule has 0 saturated heterocycles. The van der Waals surface area contributed by atoms with Crippen molar-refractivity contribution < 1.29 is 14.7 Å². The van der Waals surface area contributed by atoms with Crippen molar-refractivity contribution in [1.82, 2.24) is 10.2 Å². The molecule has 2 aliphatic carbocycles. The fraction of sp³-hybridized carbons (Fsp3) is 0.471. The van der Waals surface area contributed by atoms with Crippen molar-refractivity contribution in [3.63, 3.8) is 0 Å². The van der Waals surface area contributed by atoms with Crippen LogP contribution in [0, 0.1) is 5.92 Å². The lowest BCUT2D eigenvalue weighted by Crippen LogP contribution is -2.59. The number of hydrogen-bond acceptors (Lipinski definition) is 5. The number of amides is 1. The number of ketones is 1. The Morgan fingerprint density at radius 2 is 2.04 bits per heavy atom. The number of fused-ring (bicyclic) bond motifs is 2. The molecule has 0 bridgehead atoms. The van der Waals surface area contributed by atoms with Crippen LogP contribution in [0.25, 0.3) is 0 Å². The molecule has 2 heterocycles. The molecule has 1 saturated carbocycles. The van der Waals surface area contributed by atoms with E-state index in [1.807, 2.05) is 0 Å². The first-order valence-corrected chi connectivity index (χ1v) is 8.09. The second kappa shape index (κ2) is 5.16. The molecule has 6 heteroatoms. The van der Waals surface area contributed by atoms with E-state index in [1.54, 1.807) is 18.4 Å². The van der Waals surface area contributed by atoms with Crippen molar-refractivity contribution in [2.75, 3.05) is 6.67 Å². The summed E-state index contributed by atoms with van der Waals surface area (Å²) >= 11 is 0. The molecule has 120 valence electrons. The third-order valence-electron chi connectivity index (χ3n) is 5.03. The highest BCUT2D eigenvalue weighted by Crippen LogP contribution is 2.41. The predicted octanol–water partition coefficient (Wildman–Crippen LogP) is 1.01. The average molecular weight is 313 g/mol. The number of carbonyl (C=O) groups excluding carboxylic acids is 2. The molecule has 6 nitrogen and oxygen atoms in total. The summed E-state index contributed by atoms with van der Waals surface area (Å²) in [4.78, 5) is 31.0. The van der Waals surface area contributed by atoms with E-state index >= 15 is 0 Å². The molecule has 1 amide bonds. The van der Waals surface area contributed by atoms with Crippen LogP contribution in [-0.2, 0) is 9.59 Å². The zero-order valence-corrected chi connectivity index (χ0v) is 12.8. The first-order valence-electron chi connectivity index (χ1n) is 8.09. The monoisotopic (exact) mass is 313 g/mol. The zero-order valence-electron chi connectivity index (χ0n) is 12.8. The van der Waals surface area contributed by atoms with Gasteiger partial charge in [-0.15, -0.1) is 0 Å². The molecule has 0 radical (unpaired) electrons. The Morgan fingerprint density at radius 3 is 2.83 bits per heavy atom. The van der Waals surface area contributed by atoms with Crippen LogP contribution in [-0.4, -0.2) is 40.3 Å². The van der Waals surface area contributed by atoms with Crippen molar-refractivity contribution >= 4 is 17.9 Å². The lowest BCUT2D eigenvalue weighted by atomic mass is 9.78. The van der Waals surface area contributed by atoms with Gasteiger partial charge < -0.3 is 10.4 Å². The third kappa shape index (κ3) is 2.09. The summed E-state index contributed by atoms with van der Waals surface area (Å²) in [6.45, 7) is 0.342. The van der Waals surface area contributed by atoms with E-state index in [2.05, 4.69) is 10.3 Å². The molecule has 23 heavy (non-hydrogen) atoms. The maximum absolute atomic E-state index is 13.1. The van der Waals surface area contributed by atoms with Gasteiger partial charge in [-0.2, -0.15) is 0 Å². The van der Waals surface area contributed by atoms with E-state index < -0.39 is 11.6 Å². The second-order valence-electron chi connectivity index (χ2n) is 6.45. The quantitative estimate of drug-likeness (QED) is 0.757. The van der Waals surface area contributed by atoms with Gasteiger partial charge in [0.15, 0.2) is 5.78 Å². The summed E-state index contributed by atoms with van der Waals surface area (Å²) in [6.07, 6.45) is 10.4. The van der Waals surface area contributed by atoms with Crippen molar-refractivity contribution in [1.29, 1.82) is 0 Å². The van der Waals surface area contributed by atoms with Gasteiger partial charge in [0.2, 0.25) is 0 Å². The van der Waals surface area contributed by atoms with Crippen LogP contribution in [0.15, 0.2) is 40.2 Å². The summed E-state index contributed by atoms with van der Waals surface area (Å²) in [5, 5.41) is 14.2. The van der Waals surface area contributed by atoms with Crippen molar-refractivity contribution in [2.45, 2.75) is 37.8 Å². The molecular formula is C17H19N3O3. The Labute approximate surface area is 134 Å². The Balaban J connectivity index is 1.87. The number of allylic oxidation sites excluding steroid dienone is 4. The average Bonchev–Trinajstić information content (AvgIpc) is 2.56. The molecule has 1 fully saturated rings. The Hall–Kier alpha value is -2.21. The molecule has 2 aliphatic heterocycles. The third-order valence-corrected chi connectivity index (χ3v) is 5.03. The van der Waals surface area contributed by atoms with E-state index in [-0.39, 0.29) is 11.7 Å². The van der Waals surface area contributed by atoms with Crippen molar-refractivity contribution in [2.24, 2.45) is 10.9 Å². The van der Waals surface area contributed by atoms with Crippen LogP contribution in [0.4, 0.5) is 0 Å². The first kappa shape index (κ1) is 14.4. The van der Waals surface area contributed by atoms with E-state index in [0.717, 1.165) is 19.3 Å². The van der Waals surface area contributed by atoms with Gasteiger partial charge in [0.05, 0.1) is 5.92 Å². The Kier molecular flexibility index (Phi) is 3.23. The summed E-state index contributed by atoms with van der Waals surface area (Å²) in [6, 6.07) is 0. The molecule has 0 spiro atoms. The van der Waals surface area contributed by atoms with E-state index in [1.165, 1.54) is 11.0 Å². The number of carbonyl (C=O) groups is 2. The van der Waals surface area contributed by atoms with Gasteiger partial charge in [0.25, 0.3) is 5.91 Å². The minimum atomic E-state index is -1.19. The van der Waals surface area contributed by atoms with E-state index in [0.29, 0.717) is 36.5 Å². The van der Waals surface area contributed by atoms with Gasteiger partial charge in [-0.25, -0.2) is 0 Å². The fourth-order valence-corrected chi connectivity index (χ4v) is 3.92. The highest BCUT2D eigenvalue weighted by atomic mass is 16.3. The molecule has 2 N–H and O–H groups in total. The molecular weight excluding hydrogens is 294 g/mol. The maximum Gasteiger partial charge on any atom is 0.258 e. The van der Waals surface area contributed by atoms with Crippen LogP contribution >= 0.6 is 0 Å². The topological polar surface area (TPSA) is 82.0 Å². The van der Waals surface area contributed by atoms with Gasteiger partial charge in [0.1, 0.15) is 18.2 Å². The van der Waals surface area contributed by atoms with Gasteiger partial charge in [-0.3, -0.25) is 19.5 Å². The highest BCUT2D eigenvalue weighted by molar-refractivity contribution is 6.13. The number of aliphatic hydroxyl groups is 1. The minimum Gasteiger partial charge on any atom is -0.370 e. The summed E-state index contributed by atoms with van der Waals surface area (Å²) < 4.78 is 0. The molecule has 0 aromatic carbocycles. The fourth-order valence-electron chi connectivity index (χ4n) is 3.92. The number of aliphatic imine (C=N–C) groups is 1. The van der Waals surface area contributed by atoms with Crippen molar-refractivity contribution in [3.8, 4) is 0 Å². The summed E-state index contributed by atoms with van der Waals surface area (Å²) in [5.41, 5.74) is -0.0924. The Morgan fingerprint density at radius 1 is 1.26 bits per heavy atom. The minimum absolute atomic E-state index is 0.117. The predicted molar refractivity (Wildman–Crippen MR) is 84.1 cm³/mol. The second-order valence-corrected chi connectivity index (χ2v) is 6.45. The SMILES string of the molecule is O=C1C=CC=C2C(=O)N(C3(O)CCCCC3)C3=C(C=NCN3)C12. The lowest BCUT2D eigenvalue weighted by molar-refractivity contribution is -0.159. The van der Waals surface area contributed by atoms with E-state index in [9.17, 15) is 14.7 Å². The zero-order chi connectivity index (χ0) is 16.0. The smallest absolute Gasteiger partial charge is 0.258 e. The van der Waals surface area contributed by atoms with Crippen molar-refractivity contribution in [3.05, 3.63) is 35.2 Å². The van der Waals surface area contributed by atoms with Crippen LogP contribution in [0.1, 0.15) is 32.1 Å². The largest absolute Gasteiger partial charge is 0.370 e. The number of rotatable bonds is 1. The van der Waals surface area contributed by atoms with Crippen LogP contribution in [0.2, 0.25) is 0 Å². The number of hydrogen-bond donors (Lipinski definition) is 2. The maximum atomic E-state index is 13.1. The summed E-state index contributed by atoms with van der Waals surface area (Å²) in [5.74, 6) is -0.463. The molecule has 1 atom stereocenters. The van der Waals surface area contributed by atoms with Gasteiger partial charge in [0, 0.05) is 17.4 Å². The standard InChI is InChI=1S/C17H19N3O3/c21-13-6-4-5-11-14(13)12-9-18-10-19-15(12)20(16(11)22)17(23)7-2-1-3-8-17/h4-6,9,14,19,23H,1-3,7-8,10H2. The molecule has 4 aliphatic rings. The van der Waals surface area contributed by atoms with Crippen LogP contribution < -0.4 is 5.32 Å². The van der Waals surface area contributed by atoms with Crippen LogP contribution in [0.5, 0.6) is 0 Å². The highest BCUT2D eigenvalue weighted by Gasteiger charge is 2.49. The van der Waals surface area contributed by atoms with E-state index in [4.69, 9.17) is 0 Å². The molecule has 1 unspecified atom stereocenters. The molecule has 0 aromatic heterocycles. The first-order chi connectivity index (χ1) is 11.1. The van der Waals surface area contributed by atoms with Gasteiger partial charge in [-0.1, -0.05) is 18.6 Å². The van der Waals surface area contributed by atoms with Crippen LogP contribution in [0.3, 0.4) is 0 Å². The normalized spacial score (nSPS) is 29.0. The summed E-state index contributed by atoms with van der Waals surface area (Å²) in [7, 11) is 0. The lowest BCUT2D eigenvalue weighted by Gasteiger charge is -2.47. The van der Waals surface area contributed by atoms with Gasteiger partial charge >= 0.3 is 0 Å². The number of nitrogens with one attached hydrogen (secondary N) is 1. The van der Waals surface area contributed by atoms with Gasteiger partial charge in [-0.05, 0) is 31.8 Å².